The van der Waals surface area contributed by atoms with E-state index in [1.165, 1.54) is 0 Å². The third-order valence-corrected chi connectivity index (χ3v) is 5.45. The Balaban J connectivity index is 2.21. The minimum Gasteiger partial charge on any atom is -0.493 e. The Bertz CT molecular complexity index is 897. The van der Waals surface area contributed by atoms with Crippen LogP contribution in [-0.4, -0.2) is 43.5 Å². The normalized spacial score (nSPS) is 11.5. The fourth-order valence-corrected chi connectivity index (χ4v) is 3.72. The van der Waals surface area contributed by atoms with E-state index in [0.29, 0.717) is 43.9 Å². The monoisotopic (exact) mass is 440 g/mol. The molecule has 0 aliphatic carbocycles. The van der Waals surface area contributed by atoms with Gasteiger partial charge in [-0.2, -0.15) is 0 Å². The molecule has 0 bridgehead atoms. The molecule has 0 saturated heterocycles. The molecule has 6 nitrogen and oxygen atoms in total. The van der Waals surface area contributed by atoms with Crippen molar-refractivity contribution in [1.29, 1.82) is 0 Å². The van der Waals surface area contributed by atoms with Gasteiger partial charge in [-0.1, -0.05) is 49.7 Å². The Morgan fingerprint density at radius 3 is 2.38 bits per heavy atom. The average molecular weight is 441 g/mol. The fourth-order valence-electron chi connectivity index (χ4n) is 3.72. The average Bonchev–Trinajstić information content (AvgIpc) is 2.80. The highest BCUT2D eigenvalue weighted by Crippen LogP contribution is 2.28. The van der Waals surface area contributed by atoms with Crippen molar-refractivity contribution in [2.24, 2.45) is 0 Å². The van der Waals surface area contributed by atoms with Crippen LogP contribution in [0.25, 0.3) is 0 Å². The van der Waals surface area contributed by atoms with Gasteiger partial charge in [-0.05, 0) is 49.4 Å². The lowest BCUT2D eigenvalue weighted by Crippen LogP contribution is -2.49. The number of amides is 2. The number of carbonyl (C=O) groups excluding carboxylic acids is 2. The minimum atomic E-state index is -0.500. The Morgan fingerprint density at radius 1 is 1.00 bits per heavy atom. The molecule has 0 radical (unpaired) electrons. The molecule has 0 aromatic heterocycles. The van der Waals surface area contributed by atoms with Gasteiger partial charge in [-0.25, -0.2) is 0 Å². The van der Waals surface area contributed by atoms with E-state index in [2.05, 4.69) is 11.4 Å². The van der Waals surface area contributed by atoms with Crippen LogP contribution in [0.1, 0.15) is 49.8 Å². The maximum absolute atomic E-state index is 13.4. The molecule has 32 heavy (non-hydrogen) atoms. The van der Waals surface area contributed by atoms with Crippen molar-refractivity contribution in [3.63, 3.8) is 0 Å². The van der Waals surface area contributed by atoms with Crippen LogP contribution in [0.5, 0.6) is 11.5 Å². The molecule has 2 aromatic carbocycles. The molecule has 6 heteroatoms. The van der Waals surface area contributed by atoms with Gasteiger partial charge >= 0.3 is 0 Å². The van der Waals surface area contributed by atoms with E-state index in [1.807, 2.05) is 57.2 Å². The molecule has 0 spiro atoms. The van der Waals surface area contributed by atoms with E-state index in [9.17, 15) is 9.59 Å². The highest BCUT2D eigenvalue weighted by Gasteiger charge is 2.28. The quantitative estimate of drug-likeness (QED) is 0.535. The molecule has 0 fully saturated rings. The molecule has 0 heterocycles. The Labute approximate surface area is 191 Å². The van der Waals surface area contributed by atoms with E-state index in [4.69, 9.17) is 9.47 Å². The number of carbonyl (C=O) groups is 2. The second-order valence-electron chi connectivity index (χ2n) is 7.92. The summed E-state index contributed by atoms with van der Waals surface area (Å²) < 4.78 is 10.7. The van der Waals surface area contributed by atoms with Gasteiger partial charge in [0, 0.05) is 19.5 Å². The maximum Gasteiger partial charge on any atom is 0.242 e. The van der Waals surface area contributed by atoms with Crippen molar-refractivity contribution in [3.05, 3.63) is 59.2 Å². The first-order chi connectivity index (χ1) is 15.4. The zero-order valence-corrected chi connectivity index (χ0v) is 19.9. The van der Waals surface area contributed by atoms with Gasteiger partial charge < -0.3 is 19.7 Å². The molecule has 2 amide bonds. The lowest BCUT2D eigenvalue weighted by molar-refractivity contribution is -0.141. The lowest BCUT2D eigenvalue weighted by atomic mass is 10.0. The van der Waals surface area contributed by atoms with Crippen LogP contribution in [-0.2, 0) is 22.6 Å². The van der Waals surface area contributed by atoms with Gasteiger partial charge in [0.05, 0.1) is 14.2 Å². The number of ether oxygens (including phenoxy) is 2. The summed E-state index contributed by atoms with van der Waals surface area (Å²) in [5.41, 5.74) is 3.13. The van der Waals surface area contributed by atoms with Crippen LogP contribution in [0.2, 0.25) is 0 Å². The summed E-state index contributed by atoms with van der Waals surface area (Å²) >= 11 is 0. The molecule has 1 N–H and O–H groups in total. The predicted octanol–water partition coefficient (Wildman–Crippen LogP) is 4.28. The smallest absolute Gasteiger partial charge is 0.242 e. The Morgan fingerprint density at radius 2 is 1.75 bits per heavy atom. The van der Waals surface area contributed by atoms with Gasteiger partial charge in [0.25, 0.3) is 0 Å². The van der Waals surface area contributed by atoms with Crippen molar-refractivity contribution < 1.29 is 19.1 Å². The number of hydrogen-bond donors (Lipinski definition) is 1. The summed E-state index contributed by atoms with van der Waals surface area (Å²) in [6, 6.07) is 13.2. The summed E-state index contributed by atoms with van der Waals surface area (Å²) in [5, 5.41) is 2.95. The van der Waals surface area contributed by atoms with Crippen molar-refractivity contribution in [3.8, 4) is 11.5 Å². The maximum atomic E-state index is 13.4. The van der Waals surface area contributed by atoms with Crippen molar-refractivity contribution >= 4 is 11.8 Å². The predicted molar refractivity (Wildman–Crippen MR) is 127 cm³/mol. The molecule has 0 saturated carbocycles. The third kappa shape index (κ3) is 7.01. The second-order valence-corrected chi connectivity index (χ2v) is 7.92. The van der Waals surface area contributed by atoms with Gasteiger partial charge in [0.1, 0.15) is 6.04 Å². The molecule has 2 rings (SSSR count). The molecule has 0 unspecified atom stereocenters. The molecular formula is C26H36N2O4. The third-order valence-electron chi connectivity index (χ3n) is 5.45. The highest BCUT2D eigenvalue weighted by molar-refractivity contribution is 5.87. The molecule has 0 aliphatic heterocycles. The number of methoxy groups -OCH3 is 2. The van der Waals surface area contributed by atoms with Crippen LogP contribution in [0.3, 0.4) is 0 Å². The number of nitrogens with one attached hydrogen (secondary N) is 1. The lowest BCUT2D eigenvalue weighted by Gasteiger charge is -2.31. The number of hydrogen-bond acceptors (Lipinski definition) is 4. The fraction of sp³-hybridized carbons (Fsp3) is 0.462. The van der Waals surface area contributed by atoms with Gasteiger partial charge in [-0.3, -0.25) is 9.59 Å². The first kappa shape index (κ1) is 25.2. The van der Waals surface area contributed by atoms with Crippen LogP contribution >= 0.6 is 0 Å². The van der Waals surface area contributed by atoms with E-state index >= 15 is 0 Å². The van der Waals surface area contributed by atoms with Crippen LogP contribution in [0, 0.1) is 6.92 Å². The molecule has 1 atom stereocenters. The van der Waals surface area contributed by atoms with Crippen molar-refractivity contribution in [2.75, 3.05) is 20.8 Å². The summed E-state index contributed by atoms with van der Waals surface area (Å²) in [4.78, 5) is 27.9. The minimum absolute atomic E-state index is 0.0419. The Hall–Kier alpha value is -3.02. The number of rotatable bonds is 12. The summed E-state index contributed by atoms with van der Waals surface area (Å²) in [6.07, 6.45) is 2.27. The van der Waals surface area contributed by atoms with E-state index in [-0.39, 0.29) is 11.8 Å². The first-order valence-electron chi connectivity index (χ1n) is 11.3. The van der Waals surface area contributed by atoms with E-state index < -0.39 is 6.04 Å². The Kier molecular flexibility index (Phi) is 10.1. The first-order valence-corrected chi connectivity index (χ1v) is 11.3. The van der Waals surface area contributed by atoms with Crippen LogP contribution in [0.15, 0.2) is 42.5 Å². The largest absolute Gasteiger partial charge is 0.493 e. The topological polar surface area (TPSA) is 67.9 Å². The van der Waals surface area contributed by atoms with Gasteiger partial charge in [0.2, 0.25) is 11.8 Å². The van der Waals surface area contributed by atoms with Gasteiger partial charge in [-0.15, -0.1) is 0 Å². The summed E-state index contributed by atoms with van der Waals surface area (Å²) in [7, 11) is 3.19. The van der Waals surface area contributed by atoms with Crippen molar-refractivity contribution in [1.82, 2.24) is 10.2 Å². The molecular weight excluding hydrogens is 404 g/mol. The number of aryl methyl sites for hydroxylation is 2. The zero-order chi connectivity index (χ0) is 23.5. The van der Waals surface area contributed by atoms with E-state index in [0.717, 1.165) is 23.1 Å². The second kappa shape index (κ2) is 12.7. The number of benzene rings is 2. The van der Waals surface area contributed by atoms with Gasteiger partial charge in [0.15, 0.2) is 11.5 Å². The standard InChI is InChI=1S/C26H36N2O4/c1-6-15-27-26(30)22(7-2)28(18-21-10-8-9-19(3)16-21)25(29)14-12-20-11-13-23(31-4)24(17-20)32-5/h8-11,13,16-17,22H,6-7,12,14-15,18H2,1-5H3,(H,27,30)/t22-/m1/s1. The van der Waals surface area contributed by atoms with Crippen LogP contribution in [0.4, 0.5) is 0 Å². The van der Waals surface area contributed by atoms with Crippen LogP contribution < -0.4 is 14.8 Å². The molecule has 2 aromatic rings. The molecule has 0 aliphatic rings. The zero-order valence-electron chi connectivity index (χ0n) is 19.9. The summed E-state index contributed by atoms with van der Waals surface area (Å²) in [5.74, 6) is 1.16. The number of nitrogens with zero attached hydrogens (tertiary/aromatic N) is 1. The van der Waals surface area contributed by atoms with E-state index in [1.54, 1.807) is 19.1 Å². The van der Waals surface area contributed by atoms with Crippen molar-refractivity contribution in [2.45, 2.75) is 59.0 Å². The SMILES string of the molecule is CCCNC(=O)[C@@H](CC)N(Cc1cccc(C)c1)C(=O)CCc1ccc(OC)c(OC)c1. The molecule has 174 valence electrons. The summed E-state index contributed by atoms with van der Waals surface area (Å²) in [6.45, 7) is 7.00. The highest BCUT2D eigenvalue weighted by atomic mass is 16.5.